The van der Waals surface area contributed by atoms with E-state index in [0.717, 1.165) is 19.4 Å². The van der Waals surface area contributed by atoms with Crippen molar-refractivity contribution in [1.29, 1.82) is 0 Å². The zero-order valence-electron chi connectivity index (χ0n) is 11.4. The summed E-state index contributed by atoms with van der Waals surface area (Å²) >= 11 is 0. The number of likely N-dealkylation sites (N-methyl/N-ethyl adjacent to an activating group) is 1. The van der Waals surface area contributed by atoms with E-state index in [9.17, 15) is 4.79 Å². The van der Waals surface area contributed by atoms with Crippen LogP contribution >= 0.6 is 0 Å². The van der Waals surface area contributed by atoms with Crippen LogP contribution < -0.4 is 5.32 Å². The fraction of sp³-hybridized carbons (Fsp3) is 0.769. The van der Waals surface area contributed by atoms with Crippen molar-refractivity contribution in [2.75, 3.05) is 20.1 Å². The first kappa shape index (κ1) is 14.0. The highest BCUT2D eigenvalue weighted by molar-refractivity contribution is 5.68. The van der Waals surface area contributed by atoms with Crippen LogP contribution in [0.15, 0.2) is 12.7 Å². The second kappa shape index (κ2) is 5.08. The molecule has 1 rings (SSSR count). The summed E-state index contributed by atoms with van der Waals surface area (Å²) < 4.78 is 5.37. The number of rotatable bonds is 3. The standard InChI is InChI=1S/C13H24N2O2/c1-6-7-13(14-5)8-9-15(10-13)11(16)17-12(2,3)4/h6,14H,1,7-10H2,2-5H3/t13-/m1/s1. The van der Waals surface area contributed by atoms with Crippen molar-refractivity contribution >= 4 is 6.09 Å². The average Bonchev–Trinajstić information content (AvgIpc) is 2.61. The molecular formula is C13H24N2O2. The number of hydrogen-bond acceptors (Lipinski definition) is 3. The summed E-state index contributed by atoms with van der Waals surface area (Å²) in [7, 11) is 1.93. The molecule has 1 aliphatic heterocycles. The number of ether oxygens (including phenoxy) is 1. The Morgan fingerprint density at radius 1 is 1.59 bits per heavy atom. The Morgan fingerprint density at radius 2 is 2.24 bits per heavy atom. The Balaban J connectivity index is 2.60. The lowest BCUT2D eigenvalue weighted by atomic mass is 9.95. The summed E-state index contributed by atoms with van der Waals surface area (Å²) in [5.74, 6) is 0. The molecule has 17 heavy (non-hydrogen) atoms. The molecule has 1 N–H and O–H groups in total. The molecule has 98 valence electrons. The van der Waals surface area contributed by atoms with Gasteiger partial charge in [0, 0.05) is 18.6 Å². The summed E-state index contributed by atoms with van der Waals surface area (Å²) in [5.41, 5.74) is -0.459. The van der Waals surface area contributed by atoms with E-state index in [1.54, 1.807) is 4.90 Å². The van der Waals surface area contributed by atoms with Gasteiger partial charge >= 0.3 is 6.09 Å². The molecule has 0 unspecified atom stereocenters. The smallest absolute Gasteiger partial charge is 0.410 e. The fourth-order valence-electron chi connectivity index (χ4n) is 2.10. The molecule has 0 spiro atoms. The highest BCUT2D eigenvalue weighted by Gasteiger charge is 2.39. The molecule has 1 aliphatic rings. The first-order valence-electron chi connectivity index (χ1n) is 6.10. The van der Waals surface area contributed by atoms with Crippen LogP contribution in [0.25, 0.3) is 0 Å². The first-order chi connectivity index (χ1) is 7.82. The van der Waals surface area contributed by atoms with Gasteiger partial charge in [0.2, 0.25) is 0 Å². The minimum Gasteiger partial charge on any atom is -0.444 e. The van der Waals surface area contributed by atoms with E-state index in [-0.39, 0.29) is 11.6 Å². The maximum atomic E-state index is 11.9. The molecule has 1 heterocycles. The molecule has 0 aliphatic carbocycles. The van der Waals surface area contributed by atoms with Gasteiger partial charge in [0.05, 0.1) is 0 Å². The third-order valence-corrected chi connectivity index (χ3v) is 3.07. The van der Waals surface area contributed by atoms with Crippen molar-refractivity contribution < 1.29 is 9.53 Å². The van der Waals surface area contributed by atoms with E-state index < -0.39 is 5.60 Å². The molecule has 1 saturated heterocycles. The maximum absolute atomic E-state index is 11.9. The fourth-order valence-corrected chi connectivity index (χ4v) is 2.10. The lowest BCUT2D eigenvalue weighted by Crippen LogP contribution is -2.46. The Bertz CT molecular complexity index is 296. The molecule has 4 heteroatoms. The van der Waals surface area contributed by atoms with E-state index in [2.05, 4.69) is 11.9 Å². The third-order valence-electron chi connectivity index (χ3n) is 3.07. The summed E-state index contributed by atoms with van der Waals surface area (Å²) in [6, 6.07) is 0. The quantitative estimate of drug-likeness (QED) is 0.769. The van der Waals surface area contributed by atoms with Crippen LogP contribution in [0.3, 0.4) is 0 Å². The minimum absolute atomic E-state index is 0.0291. The number of nitrogens with one attached hydrogen (secondary N) is 1. The summed E-state index contributed by atoms with van der Waals surface area (Å²) in [5, 5.41) is 3.31. The number of amides is 1. The van der Waals surface area contributed by atoms with Crippen molar-refractivity contribution in [2.45, 2.75) is 44.8 Å². The van der Waals surface area contributed by atoms with E-state index in [0.29, 0.717) is 6.54 Å². The lowest BCUT2D eigenvalue weighted by Gasteiger charge is -2.29. The Hall–Kier alpha value is -1.03. The number of hydrogen-bond donors (Lipinski definition) is 1. The Morgan fingerprint density at radius 3 is 2.71 bits per heavy atom. The molecule has 0 aromatic heterocycles. The van der Waals surface area contributed by atoms with Crippen LogP contribution in [0.5, 0.6) is 0 Å². The monoisotopic (exact) mass is 240 g/mol. The van der Waals surface area contributed by atoms with Gasteiger partial charge in [-0.05, 0) is 40.7 Å². The predicted molar refractivity (Wildman–Crippen MR) is 69.0 cm³/mol. The lowest BCUT2D eigenvalue weighted by molar-refractivity contribution is 0.0281. The molecule has 1 atom stereocenters. The van der Waals surface area contributed by atoms with E-state index in [4.69, 9.17) is 4.74 Å². The number of carbonyl (C=O) groups excluding carboxylic acids is 1. The normalized spacial score (nSPS) is 24.8. The van der Waals surface area contributed by atoms with Crippen molar-refractivity contribution in [3.05, 3.63) is 12.7 Å². The van der Waals surface area contributed by atoms with Crippen molar-refractivity contribution in [3.8, 4) is 0 Å². The van der Waals surface area contributed by atoms with Gasteiger partial charge in [-0.25, -0.2) is 4.79 Å². The first-order valence-corrected chi connectivity index (χ1v) is 6.10. The average molecular weight is 240 g/mol. The SMILES string of the molecule is C=CC[C@@]1(NC)CCN(C(=O)OC(C)(C)C)C1. The van der Waals surface area contributed by atoms with Gasteiger partial charge in [0.15, 0.2) is 0 Å². The largest absolute Gasteiger partial charge is 0.444 e. The van der Waals surface area contributed by atoms with Crippen LogP contribution in [0, 0.1) is 0 Å². The molecule has 1 amide bonds. The van der Waals surface area contributed by atoms with Gasteiger partial charge in [-0.15, -0.1) is 6.58 Å². The van der Waals surface area contributed by atoms with Gasteiger partial charge in [-0.2, -0.15) is 0 Å². The van der Waals surface area contributed by atoms with Crippen molar-refractivity contribution in [2.24, 2.45) is 0 Å². The topological polar surface area (TPSA) is 41.6 Å². The molecule has 0 aromatic rings. The second-order valence-corrected chi connectivity index (χ2v) is 5.68. The van der Waals surface area contributed by atoms with E-state index >= 15 is 0 Å². The zero-order valence-corrected chi connectivity index (χ0v) is 11.4. The molecule has 0 radical (unpaired) electrons. The van der Waals surface area contributed by atoms with Gasteiger partial charge in [-0.1, -0.05) is 6.08 Å². The number of carbonyl (C=O) groups is 1. The summed E-state index contributed by atoms with van der Waals surface area (Å²) in [6.45, 7) is 10.9. The highest BCUT2D eigenvalue weighted by atomic mass is 16.6. The van der Waals surface area contributed by atoms with Gasteiger partial charge in [-0.3, -0.25) is 0 Å². The summed E-state index contributed by atoms with van der Waals surface area (Å²) in [6.07, 6.45) is 3.48. The molecule has 0 saturated carbocycles. The molecule has 4 nitrogen and oxygen atoms in total. The van der Waals surface area contributed by atoms with Crippen LogP contribution in [0.1, 0.15) is 33.6 Å². The van der Waals surface area contributed by atoms with E-state index in [1.165, 1.54) is 0 Å². The van der Waals surface area contributed by atoms with Crippen molar-refractivity contribution in [1.82, 2.24) is 10.2 Å². The maximum Gasteiger partial charge on any atom is 0.410 e. The highest BCUT2D eigenvalue weighted by Crippen LogP contribution is 2.26. The molecular weight excluding hydrogens is 216 g/mol. The Labute approximate surface area is 104 Å². The van der Waals surface area contributed by atoms with Crippen LogP contribution in [0.4, 0.5) is 4.79 Å². The predicted octanol–water partition coefficient (Wildman–Crippen LogP) is 2.16. The molecule has 0 bridgehead atoms. The van der Waals surface area contributed by atoms with Gasteiger partial charge < -0.3 is 15.0 Å². The van der Waals surface area contributed by atoms with Crippen molar-refractivity contribution in [3.63, 3.8) is 0 Å². The molecule has 0 aromatic carbocycles. The number of nitrogens with zero attached hydrogens (tertiary/aromatic N) is 1. The Kier molecular flexibility index (Phi) is 4.20. The van der Waals surface area contributed by atoms with Gasteiger partial charge in [0.1, 0.15) is 5.60 Å². The van der Waals surface area contributed by atoms with Crippen LogP contribution in [0.2, 0.25) is 0 Å². The summed E-state index contributed by atoms with van der Waals surface area (Å²) in [4.78, 5) is 13.7. The third kappa shape index (κ3) is 3.73. The van der Waals surface area contributed by atoms with Crippen LogP contribution in [-0.4, -0.2) is 42.3 Å². The zero-order chi connectivity index (χ0) is 13.1. The van der Waals surface area contributed by atoms with Crippen LogP contribution in [-0.2, 0) is 4.74 Å². The number of likely N-dealkylation sites (tertiary alicyclic amines) is 1. The molecule has 1 fully saturated rings. The van der Waals surface area contributed by atoms with Gasteiger partial charge in [0.25, 0.3) is 0 Å². The minimum atomic E-state index is -0.430. The second-order valence-electron chi connectivity index (χ2n) is 5.68. The van der Waals surface area contributed by atoms with E-state index in [1.807, 2.05) is 33.9 Å².